The van der Waals surface area contributed by atoms with E-state index >= 15 is 0 Å². The summed E-state index contributed by atoms with van der Waals surface area (Å²) >= 11 is 0. The van der Waals surface area contributed by atoms with Gasteiger partial charge < -0.3 is 25.0 Å². The predicted octanol–water partition coefficient (Wildman–Crippen LogP) is 2.50. The summed E-state index contributed by atoms with van der Waals surface area (Å²) in [6, 6.07) is 9.40. The van der Waals surface area contributed by atoms with Gasteiger partial charge in [-0.3, -0.25) is 9.89 Å². The van der Waals surface area contributed by atoms with E-state index in [1.807, 2.05) is 19.2 Å². The third-order valence-corrected chi connectivity index (χ3v) is 6.53. The van der Waals surface area contributed by atoms with Gasteiger partial charge in [0.25, 0.3) is 0 Å². The maximum Gasteiger partial charge on any atom is 0.191 e. The van der Waals surface area contributed by atoms with Crippen molar-refractivity contribution >= 4 is 5.96 Å². The first-order valence-corrected chi connectivity index (χ1v) is 11.9. The van der Waals surface area contributed by atoms with Crippen molar-refractivity contribution in [2.24, 2.45) is 4.99 Å². The number of likely N-dealkylation sites (tertiary alicyclic amines) is 1. The Morgan fingerprint density at radius 3 is 2.61 bits per heavy atom. The average Bonchev–Trinajstić information content (AvgIpc) is 2.82. The Morgan fingerprint density at radius 1 is 1.16 bits per heavy atom. The van der Waals surface area contributed by atoms with Gasteiger partial charge in [-0.15, -0.1) is 0 Å². The molecule has 0 spiro atoms. The van der Waals surface area contributed by atoms with Gasteiger partial charge in [-0.25, -0.2) is 0 Å². The number of aliphatic imine (C=N–C) groups is 1. The van der Waals surface area contributed by atoms with Crippen LogP contribution in [-0.4, -0.2) is 88.4 Å². The Balaban J connectivity index is 1.49. The summed E-state index contributed by atoms with van der Waals surface area (Å²) in [4.78, 5) is 9.56. The van der Waals surface area contributed by atoms with E-state index in [2.05, 4.69) is 44.5 Å². The van der Waals surface area contributed by atoms with Crippen LogP contribution in [0.4, 0.5) is 0 Å². The molecule has 2 aliphatic heterocycles. The molecule has 0 bridgehead atoms. The van der Waals surface area contributed by atoms with Gasteiger partial charge in [0.2, 0.25) is 0 Å². The van der Waals surface area contributed by atoms with E-state index in [1.54, 1.807) is 7.11 Å². The van der Waals surface area contributed by atoms with Gasteiger partial charge >= 0.3 is 0 Å². The smallest absolute Gasteiger partial charge is 0.191 e. The van der Waals surface area contributed by atoms with Gasteiger partial charge in [-0.2, -0.15) is 0 Å². The highest BCUT2D eigenvalue weighted by Crippen LogP contribution is 2.23. The van der Waals surface area contributed by atoms with Crippen LogP contribution in [0.2, 0.25) is 0 Å². The zero-order valence-electron chi connectivity index (χ0n) is 19.6. The SMILES string of the molecule is CN=C(NCCCN1CCCCC1C)NCC(c1ccc(OC)cc1)N1CCOCC1. The molecule has 2 saturated heterocycles. The van der Waals surface area contributed by atoms with Crippen molar-refractivity contribution in [3.63, 3.8) is 0 Å². The topological polar surface area (TPSA) is 61.4 Å². The lowest BCUT2D eigenvalue weighted by atomic mass is 10.0. The molecule has 31 heavy (non-hydrogen) atoms. The van der Waals surface area contributed by atoms with Crippen LogP contribution in [0.15, 0.2) is 29.3 Å². The standard InChI is InChI=1S/C24H41N5O2/c1-20-7-4-5-13-28(20)14-6-12-26-24(25-2)27-19-23(29-15-17-31-18-16-29)21-8-10-22(30-3)11-9-21/h8-11,20,23H,4-7,12-19H2,1-3H3,(H2,25,26,27). The van der Waals surface area contributed by atoms with Crippen molar-refractivity contribution in [2.45, 2.75) is 44.7 Å². The Morgan fingerprint density at radius 2 is 1.94 bits per heavy atom. The number of piperidine rings is 1. The number of nitrogens with zero attached hydrogens (tertiary/aromatic N) is 3. The van der Waals surface area contributed by atoms with Crippen molar-refractivity contribution in [1.29, 1.82) is 0 Å². The highest BCUT2D eigenvalue weighted by molar-refractivity contribution is 5.79. The number of morpholine rings is 1. The molecule has 0 radical (unpaired) electrons. The van der Waals surface area contributed by atoms with E-state index < -0.39 is 0 Å². The summed E-state index contributed by atoms with van der Waals surface area (Å²) < 4.78 is 10.9. The molecule has 1 aromatic carbocycles. The first-order chi connectivity index (χ1) is 15.2. The second kappa shape index (κ2) is 12.9. The van der Waals surface area contributed by atoms with Crippen molar-refractivity contribution < 1.29 is 9.47 Å². The van der Waals surface area contributed by atoms with Crippen molar-refractivity contribution in [1.82, 2.24) is 20.4 Å². The second-order valence-corrected chi connectivity index (χ2v) is 8.55. The van der Waals surface area contributed by atoms with Gasteiger partial charge in [-0.05, 0) is 50.4 Å². The molecule has 0 saturated carbocycles. The molecule has 0 aliphatic carbocycles. The van der Waals surface area contributed by atoms with Crippen LogP contribution in [0, 0.1) is 0 Å². The fourth-order valence-corrected chi connectivity index (χ4v) is 4.57. The van der Waals surface area contributed by atoms with Gasteiger partial charge in [0, 0.05) is 45.8 Å². The van der Waals surface area contributed by atoms with E-state index in [1.165, 1.54) is 31.4 Å². The summed E-state index contributed by atoms with van der Waals surface area (Å²) in [5, 5.41) is 7.05. The van der Waals surface area contributed by atoms with E-state index in [0.717, 1.165) is 70.1 Å². The summed E-state index contributed by atoms with van der Waals surface area (Å²) in [5.74, 6) is 1.76. The Kier molecular flexibility index (Phi) is 9.90. The molecular weight excluding hydrogens is 390 g/mol. The molecule has 2 heterocycles. The first kappa shape index (κ1) is 23.8. The van der Waals surface area contributed by atoms with Crippen molar-refractivity contribution in [3.05, 3.63) is 29.8 Å². The van der Waals surface area contributed by atoms with Crippen LogP contribution in [0.1, 0.15) is 44.2 Å². The minimum atomic E-state index is 0.266. The largest absolute Gasteiger partial charge is 0.497 e. The maximum atomic E-state index is 5.57. The number of benzene rings is 1. The number of guanidine groups is 1. The second-order valence-electron chi connectivity index (χ2n) is 8.55. The van der Waals surface area contributed by atoms with Gasteiger partial charge in [0.15, 0.2) is 5.96 Å². The molecule has 174 valence electrons. The Bertz CT molecular complexity index is 660. The lowest BCUT2D eigenvalue weighted by Crippen LogP contribution is -2.46. The number of nitrogens with one attached hydrogen (secondary N) is 2. The number of rotatable bonds is 9. The van der Waals surface area contributed by atoms with Crippen LogP contribution in [0.25, 0.3) is 0 Å². The Hall–Kier alpha value is -1.83. The fraction of sp³-hybridized carbons (Fsp3) is 0.708. The molecule has 0 amide bonds. The third-order valence-electron chi connectivity index (χ3n) is 6.53. The number of ether oxygens (including phenoxy) is 2. The maximum absolute atomic E-state index is 5.57. The highest BCUT2D eigenvalue weighted by Gasteiger charge is 2.23. The van der Waals surface area contributed by atoms with Crippen LogP contribution >= 0.6 is 0 Å². The van der Waals surface area contributed by atoms with E-state index in [-0.39, 0.29) is 6.04 Å². The van der Waals surface area contributed by atoms with Crippen LogP contribution < -0.4 is 15.4 Å². The molecule has 7 heteroatoms. The summed E-state index contributed by atoms with van der Waals surface area (Å²) in [7, 11) is 3.55. The molecule has 2 atom stereocenters. The van der Waals surface area contributed by atoms with E-state index in [4.69, 9.17) is 9.47 Å². The molecule has 2 aliphatic rings. The number of methoxy groups -OCH3 is 1. The zero-order chi connectivity index (χ0) is 21.9. The van der Waals surface area contributed by atoms with Gasteiger partial charge in [0.05, 0.1) is 26.4 Å². The molecule has 0 aromatic heterocycles. The molecule has 7 nitrogen and oxygen atoms in total. The molecule has 1 aromatic rings. The first-order valence-electron chi connectivity index (χ1n) is 11.9. The average molecular weight is 432 g/mol. The van der Waals surface area contributed by atoms with Crippen molar-refractivity contribution in [3.8, 4) is 5.75 Å². The molecular formula is C24H41N5O2. The molecule has 3 rings (SSSR count). The predicted molar refractivity (Wildman–Crippen MR) is 127 cm³/mol. The number of hydrogen-bond donors (Lipinski definition) is 2. The quantitative estimate of drug-likeness (QED) is 0.356. The van der Waals surface area contributed by atoms with Gasteiger partial charge in [-0.1, -0.05) is 18.6 Å². The monoisotopic (exact) mass is 431 g/mol. The normalized spacial score (nSPS) is 22.2. The molecule has 2 N–H and O–H groups in total. The van der Waals surface area contributed by atoms with Crippen LogP contribution in [0.5, 0.6) is 5.75 Å². The molecule has 2 fully saturated rings. The zero-order valence-corrected chi connectivity index (χ0v) is 19.6. The third kappa shape index (κ3) is 7.37. The fourth-order valence-electron chi connectivity index (χ4n) is 4.57. The lowest BCUT2D eigenvalue weighted by Gasteiger charge is -2.35. The van der Waals surface area contributed by atoms with E-state index in [9.17, 15) is 0 Å². The van der Waals surface area contributed by atoms with Gasteiger partial charge in [0.1, 0.15) is 5.75 Å². The summed E-state index contributed by atoms with van der Waals surface area (Å²) in [6.07, 6.45) is 5.20. The summed E-state index contributed by atoms with van der Waals surface area (Å²) in [6.45, 7) is 9.96. The van der Waals surface area contributed by atoms with Crippen LogP contribution in [0.3, 0.4) is 0 Å². The molecule has 2 unspecified atom stereocenters. The minimum absolute atomic E-state index is 0.266. The minimum Gasteiger partial charge on any atom is -0.497 e. The summed E-state index contributed by atoms with van der Waals surface area (Å²) in [5.41, 5.74) is 1.28. The van der Waals surface area contributed by atoms with Crippen LogP contribution in [-0.2, 0) is 4.74 Å². The Labute approximate surface area is 188 Å². The number of hydrogen-bond acceptors (Lipinski definition) is 5. The highest BCUT2D eigenvalue weighted by atomic mass is 16.5. The lowest BCUT2D eigenvalue weighted by molar-refractivity contribution is 0.0170. The van der Waals surface area contributed by atoms with Crippen molar-refractivity contribution in [2.75, 3.05) is 66.6 Å². The van der Waals surface area contributed by atoms with E-state index in [0.29, 0.717) is 0 Å².